The van der Waals surface area contributed by atoms with Gasteiger partial charge in [0.15, 0.2) is 0 Å². The predicted molar refractivity (Wildman–Crippen MR) is 57.8 cm³/mol. The number of hydrogen-bond acceptors (Lipinski definition) is 4. The van der Waals surface area contributed by atoms with Gasteiger partial charge in [-0.3, -0.25) is 4.79 Å². The van der Waals surface area contributed by atoms with Gasteiger partial charge in [0.25, 0.3) is 0 Å². The molecule has 0 fully saturated rings. The molecular weight excluding hydrogens is 227 g/mol. The number of alkyl halides is 1. The van der Waals surface area contributed by atoms with E-state index >= 15 is 0 Å². The van der Waals surface area contributed by atoms with Gasteiger partial charge < -0.3 is 9.47 Å². The summed E-state index contributed by atoms with van der Waals surface area (Å²) in [6.07, 6.45) is -2.59. The number of esters is 2. The lowest BCUT2D eigenvalue weighted by atomic mass is 10.2. The highest BCUT2D eigenvalue weighted by atomic mass is 19.1. The summed E-state index contributed by atoms with van der Waals surface area (Å²) in [5, 5.41) is 0. The lowest BCUT2D eigenvalue weighted by Crippen LogP contribution is -2.22. The Labute approximate surface area is 98.3 Å². The summed E-state index contributed by atoms with van der Waals surface area (Å²) in [4.78, 5) is 21.9. The van der Waals surface area contributed by atoms with E-state index in [0.29, 0.717) is 0 Å². The third-order valence-electron chi connectivity index (χ3n) is 2.05. The molecule has 0 spiro atoms. The molecule has 92 valence electrons. The smallest absolute Gasteiger partial charge is 0.341 e. The SMILES string of the molecule is COC(=O)[C@H](F)CC(=O)OCc1ccccc1. The Bertz CT molecular complexity index is 377. The summed E-state index contributed by atoms with van der Waals surface area (Å²) < 4.78 is 22.0. The Morgan fingerprint density at radius 2 is 1.94 bits per heavy atom. The fourth-order valence-electron chi connectivity index (χ4n) is 1.15. The Morgan fingerprint density at radius 1 is 1.29 bits per heavy atom. The molecule has 0 N–H and O–H groups in total. The molecule has 1 rings (SSSR count). The summed E-state index contributed by atoms with van der Waals surface area (Å²) in [5.74, 6) is -1.84. The van der Waals surface area contributed by atoms with Crippen LogP contribution in [0.25, 0.3) is 0 Å². The van der Waals surface area contributed by atoms with E-state index in [1.807, 2.05) is 6.07 Å². The molecule has 0 bridgehead atoms. The van der Waals surface area contributed by atoms with Crippen molar-refractivity contribution in [3.8, 4) is 0 Å². The van der Waals surface area contributed by atoms with Gasteiger partial charge in [-0.1, -0.05) is 30.3 Å². The van der Waals surface area contributed by atoms with Gasteiger partial charge in [0.1, 0.15) is 6.61 Å². The van der Waals surface area contributed by atoms with E-state index in [9.17, 15) is 14.0 Å². The number of carbonyl (C=O) groups excluding carboxylic acids is 2. The van der Waals surface area contributed by atoms with E-state index in [4.69, 9.17) is 4.74 Å². The third-order valence-corrected chi connectivity index (χ3v) is 2.05. The molecule has 0 unspecified atom stereocenters. The number of benzene rings is 1. The Kier molecular flexibility index (Phi) is 5.13. The monoisotopic (exact) mass is 240 g/mol. The molecule has 0 aliphatic carbocycles. The molecule has 5 heteroatoms. The van der Waals surface area contributed by atoms with Gasteiger partial charge in [-0.2, -0.15) is 0 Å². The third kappa shape index (κ3) is 4.63. The molecule has 0 radical (unpaired) electrons. The minimum absolute atomic E-state index is 0.0631. The largest absolute Gasteiger partial charge is 0.467 e. The maximum atomic E-state index is 13.0. The highest BCUT2D eigenvalue weighted by Crippen LogP contribution is 2.05. The van der Waals surface area contributed by atoms with Crippen LogP contribution in [0.5, 0.6) is 0 Å². The van der Waals surface area contributed by atoms with Crippen molar-refractivity contribution in [3.05, 3.63) is 35.9 Å². The van der Waals surface area contributed by atoms with Crippen LogP contribution in [0.3, 0.4) is 0 Å². The normalized spacial score (nSPS) is 11.6. The molecule has 1 aromatic carbocycles. The fourth-order valence-corrected chi connectivity index (χ4v) is 1.15. The van der Waals surface area contributed by atoms with E-state index in [1.165, 1.54) is 0 Å². The van der Waals surface area contributed by atoms with Crippen molar-refractivity contribution >= 4 is 11.9 Å². The summed E-state index contributed by atoms with van der Waals surface area (Å²) in [7, 11) is 1.06. The molecule has 0 aliphatic rings. The van der Waals surface area contributed by atoms with Crippen molar-refractivity contribution < 1.29 is 23.5 Å². The molecule has 0 aromatic heterocycles. The first kappa shape index (κ1) is 13.2. The van der Waals surface area contributed by atoms with Crippen molar-refractivity contribution in [2.75, 3.05) is 7.11 Å². The van der Waals surface area contributed by atoms with Crippen molar-refractivity contribution in [3.63, 3.8) is 0 Å². The number of methoxy groups -OCH3 is 1. The highest BCUT2D eigenvalue weighted by molar-refractivity contribution is 5.81. The Hall–Kier alpha value is -1.91. The predicted octanol–water partition coefficient (Wildman–Crippen LogP) is 1.63. The van der Waals surface area contributed by atoms with Crippen LogP contribution in [0, 0.1) is 0 Å². The lowest BCUT2D eigenvalue weighted by Gasteiger charge is -2.07. The first-order valence-electron chi connectivity index (χ1n) is 5.05. The molecule has 17 heavy (non-hydrogen) atoms. The molecule has 0 saturated carbocycles. The number of halogens is 1. The van der Waals surface area contributed by atoms with Crippen LogP contribution in [-0.4, -0.2) is 25.2 Å². The molecule has 0 heterocycles. The molecule has 0 aliphatic heterocycles. The van der Waals surface area contributed by atoms with Crippen LogP contribution < -0.4 is 0 Å². The zero-order valence-electron chi connectivity index (χ0n) is 9.39. The van der Waals surface area contributed by atoms with Gasteiger partial charge in [-0.05, 0) is 5.56 Å². The minimum atomic E-state index is -1.97. The maximum absolute atomic E-state index is 13.0. The average molecular weight is 240 g/mol. The number of ether oxygens (including phenoxy) is 2. The van der Waals surface area contributed by atoms with Gasteiger partial charge in [0, 0.05) is 0 Å². The van der Waals surface area contributed by atoms with Crippen LogP contribution in [0.1, 0.15) is 12.0 Å². The number of hydrogen-bond donors (Lipinski definition) is 0. The quantitative estimate of drug-likeness (QED) is 0.734. The van der Waals surface area contributed by atoms with Gasteiger partial charge in [-0.15, -0.1) is 0 Å². The summed E-state index contributed by atoms with van der Waals surface area (Å²) in [5.41, 5.74) is 0.800. The van der Waals surface area contributed by atoms with Crippen molar-refractivity contribution in [1.82, 2.24) is 0 Å². The zero-order chi connectivity index (χ0) is 12.7. The van der Waals surface area contributed by atoms with E-state index in [2.05, 4.69) is 4.74 Å². The van der Waals surface area contributed by atoms with Crippen molar-refractivity contribution in [2.24, 2.45) is 0 Å². The molecule has 0 saturated heterocycles. The first-order chi connectivity index (χ1) is 8.13. The number of rotatable bonds is 5. The van der Waals surface area contributed by atoms with Crippen molar-refractivity contribution in [2.45, 2.75) is 19.2 Å². The van der Waals surface area contributed by atoms with Crippen LogP contribution >= 0.6 is 0 Å². The van der Waals surface area contributed by atoms with Crippen molar-refractivity contribution in [1.29, 1.82) is 0 Å². The first-order valence-corrected chi connectivity index (χ1v) is 5.05. The Morgan fingerprint density at radius 3 is 2.53 bits per heavy atom. The van der Waals surface area contributed by atoms with Gasteiger partial charge in [0.2, 0.25) is 6.17 Å². The molecular formula is C12H13FO4. The van der Waals surface area contributed by atoms with Crippen LogP contribution in [0.2, 0.25) is 0 Å². The minimum Gasteiger partial charge on any atom is -0.467 e. The average Bonchev–Trinajstić information content (AvgIpc) is 2.36. The van der Waals surface area contributed by atoms with E-state index in [1.54, 1.807) is 24.3 Å². The summed E-state index contributed by atoms with van der Waals surface area (Å²) in [6, 6.07) is 8.99. The zero-order valence-corrected chi connectivity index (χ0v) is 9.39. The molecule has 1 atom stereocenters. The molecule has 4 nitrogen and oxygen atoms in total. The van der Waals surface area contributed by atoms with E-state index < -0.39 is 24.5 Å². The lowest BCUT2D eigenvalue weighted by molar-refractivity contribution is -0.154. The maximum Gasteiger partial charge on any atom is 0.341 e. The second kappa shape index (κ2) is 6.62. The number of carbonyl (C=O) groups is 2. The van der Waals surface area contributed by atoms with Crippen LogP contribution in [0.15, 0.2) is 30.3 Å². The fraction of sp³-hybridized carbons (Fsp3) is 0.333. The van der Waals surface area contributed by atoms with E-state index in [-0.39, 0.29) is 6.61 Å². The van der Waals surface area contributed by atoms with Crippen LogP contribution in [0.4, 0.5) is 4.39 Å². The molecule has 1 aromatic rings. The second-order valence-electron chi connectivity index (χ2n) is 3.34. The van der Waals surface area contributed by atoms with E-state index in [0.717, 1.165) is 12.7 Å². The van der Waals surface area contributed by atoms with Gasteiger partial charge >= 0.3 is 11.9 Å². The second-order valence-corrected chi connectivity index (χ2v) is 3.34. The standard InChI is InChI=1S/C12H13FO4/c1-16-12(15)10(13)7-11(14)17-8-9-5-3-2-4-6-9/h2-6,10H,7-8H2,1H3/t10-/m1/s1. The van der Waals surface area contributed by atoms with Crippen LogP contribution in [-0.2, 0) is 25.7 Å². The summed E-state index contributed by atoms with van der Waals surface area (Å²) in [6.45, 7) is 0.0631. The highest BCUT2D eigenvalue weighted by Gasteiger charge is 2.22. The Balaban J connectivity index is 2.33. The summed E-state index contributed by atoms with van der Waals surface area (Å²) >= 11 is 0. The topological polar surface area (TPSA) is 52.6 Å². The molecule has 0 amide bonds. The van der Waals surface area contributed by atoms with Gasteiger partial charge in [0.05, 0.1) is 13.5 Å². The van der Waals surface area contributed by atoms with Gasteiger partial charge in [-0.25, -0.2) is 9.18 Å².